The van der Waals surface area contributed by atoms with Gasteiger partial charge in [0.05, 0.1) is 31.9 Å². The molecule has 65 heavy (non-hydrogen) atoms. The van der Waals surface area contributed by atoms with E-state index >= 15 is 0 Å². The zero-order valence-corrected chi connectivity index (χ0v) is 34.0. The predicted molar refractivity (Wildman–Crippen MR) is 209 cm³/mol. The number of aliphatic carboxylic acids is 4. The summed E-state index contributed by atoms with van der Waals surface area (Å²) in [6, 6.07) is -9.64. The minimum absolute atomic E-state index is 0.0395. The van der Waals surface area contributed by atoms with E-state index in [4.69, 9.17) is 43.0 Å². The van der Waals surface area contributed by atoms with Gasteiger partial charge in [-0.05, 0) is 25.7 Å². The maximum atomic E-state index is 13.7. The smallest absolute Gasteiger partial charge is 0.481 e. The van der Waals surface area contributed by atoms with E-state index in [-0.39, 0.29) is 44.6 Å². The first-order valence-corrected chi connectivity index (χ1v) is 18.6. The first-order chi connectivity index (χ1) is 30.2. The summed E-state index contributed by atoms with van der Waals surface area (Å²) in [5, 5.41) is 57.0. The lowest BCUT2D eigenvalue weighted by molar-refractivity contribution is -0.192. The number of nitrogens with zero attached hydrogens (tertiary/aromatic N) is 2. The third-order valence-electron chi connectivity index (χ3n) is 8.00. The van der Waals surface area contributed by atoms with Gasteiger partial charge in [0.2, 0.25) is 41.4 Å². The third kappa shape index (κ3) is 25.2. The van der Waals surface area contributed by atoms with Crippen molar-refractivity contribution in [3.63, 3.8) is 0 Å². The molecule has 0 aliphatic heterocycles. The van der Waals surface area contributed by atoms with E-state index in [1.165, 1.54) is 12.5 Å². The van der Waals surface area contributed by atoms with E-state index < -0.39 is 140 Å². The number of guanidine groups is 1. The summed E-state index contributed by atoms with van der Waals surface area (Å²) in [5.41, 5.74) is 22.1. The number of aliphatic hydroxyl groups is 1. The van der Waals surface area contributed by atoms with Gasteiger partial charge < -0.3 is 85.4 Å². The molecule has 0 aromatic carbocycles. The van der Waals surface area contributed by atoms with Crippen LogP contribution in [0.3, 0.4) is 0 Å². The van der Waals surface area contributed by atoms with Crippen molar-refractivity contribution >= 4 is 71.2 Å². The van der Waals surface area contributed by atoms with E-state index in [1.54, 1.807) is 0 Å². The van der Waals surface area contributed by atoms with Gasteiger partial charge in [0.25, 0.3) is 0 Å². The number of imidazole rings is 1. The number of alkyl halides is 3. The number of carbonyl (C=O) groups is 11. The average molecular weight is 942 g/mol. The number of aliphatic hydroxyl groups excluding tert-OH is 1. The number of hydrogen-bond acceptors (Lipinski definition) is 15. The second kappa shape index (κ2) is 28.9. The van der Waals surface area contributed by atoms with Crippen molar-refractivity contribution in [2.45, 2.75) is 93.8 Å². The van der Waals surface area contributed by atoms with Crippen LogP contribution in [0, 0.1) is 0 Å². The van der Waals surface area contributed by atoms with Gasteiger partial charge in [-0.2, -0.15) is 13.2 Å². The number of halogens is 3. The number of aromatic nitrogens is 2. The molecule has 7 amide bonds. The lowest BCUT2D eigenvalue weighted by Crippen LogP contribution is -2.59. The molecule has 0 saturated carbocycles. The van der Waals surface area contributed by atoms with Crippen LogP contribution in [0.4, 0.5) is 13.2 Å². The van der Waals surface area contributed by atoms with Gasteiger partial charge in [0, 0.05) is 37.7 Å². The molecule has 1 rings (SSSR count). The molecule has 0 aliphatic carbocycles. The van der Waals surface area contributed by atoms with Crippen LogP contribution in [0.2, 0.25) is 0 Å². The number of hydrogen-bond donors (Lipinski definition) is 16. The zero-order chi connectivity index (χ0) is 50.0. The highest BCUT2D eigenvalue weighted by molar-refractivity contribution is 5.97. The van der Waals surface area contributed by atoms with Crippen molar-refractivity contribution < 1.29 is 91.4 Å². The second-order valence-corrected chi connectivity index (χ2v) is 13.3. The Balaban J connectivity index is 0.00000537. The predicted octanol–water partition coefficient (Wildman–Crippen LogP) is -6.81. The van der Waals surface area contributed by atoms with E-state index in [1.807, 2.05) is 10.6 Å². The van der Waals surface area contributed by atoms with Crippen molar-refractivity contribution in [3.05, 3.63) is 18.2 Å². The van der Waals surface area contributed by atoms with E-state index in [9.17, 15) is 71.3 Å². The molecule has 0 radical (unpaired) electrons. The monoisotopic (exact) mass is 941 g/mol. The molecular weight excluding hydrogens is 891 g/mol. The van der Waals surface area contributed by atoms with Gasteiger partial charge in [-0.3, -0.25) is 48.1 Å². The summed E-state index contributed by atoms with van der Waals surface area (Å²) >= 11 is 0. The number of H-pyrrole nitrogens is 1. The number of rotatable bonds is 28. The van der Waals surface area contributed by atoms with Crippen molar-refractivity contribution in [1.29, 1.82) is 0 Å². The van der Waals surface area contributed by atoms with Gasteiger partial charge in [0.15, 0.2) is 5.96 Å². The Bertz CT molecular complexity index is 1860. The fourth-order valence-electron chi connectivity index (χ4n) is 4.76. The highest BCUT2D eigenvalue weighted by atomic mass is 19.4. The summed E-state index contributed by atoms with van der Waals surface area (Å²) in [4.78, 5) is 143. The van der Waals surface area contributed by atoms with E-state index in [0.29, 0.717) is 5.69 Å². The summed E-state index contributed by atoms with van der Waals surface area (Å²) in [7, 11) is 0. The van der Waals surface area contributed by atoms with Crippen molar-refractivity contribution in [2.24, 2.45) is 27.9 Å². The summed E-state index contributed by atoms with van der Waals surface area (Å²) < 4.78 is 31.7. The molecule has 0 spiro atoms. The summed E-state index contributed by atoms with van der Waals surface area (Å²) in [6.45, 7) is -1.96. The fraction of sp³-hybridized carbons (Fsp3) is 0.545. The Hall–Kier alpha value is -7.64. The van der Waals surface area contributed by atoms with Gasteiger partial charge in [-0.1, -0.05) is 0 Å². The maximum absolute atomic E-state index is 13.7. The van der Waals surface area contributed by atoms with Gasteiger partial charge in [-0.25, -0.2) is 14.6 Å². The lowest BCUT2D eigenvalue weighted by atomic mass is 10.0. The topological polar surface area (TPSA) is 506 Å². The summed E-state index contributed by atoms with van der Waals surface area (Å²) in [5.74, 6) is -14.9. The van der Waals surface area contributed by atoms with Crippen LogP contribution in [0.15, 0.2) is 17.5 Å². The molecule has 0 bridgehead atoms. The summed E-state index contributed by atoms with van der Waals surface area (Å²) in [6.07, 6.45) is -5.64. The molecule has 6 atom stereocenters. The Morgan fingerprint density at radius 3 is 1.71 bits per heavy atom. The number of nitrogens with two attached hydrogens (primary N) is 4. The van der Waals surface area contributed by atoms with E-state index in [0.717, 1.165) is 0 Å². The minimum atomic E-state index is -5.08. The number of carbonyl (C=O) groups excluding carboxylic acids is 7. The van der Waals surface area contributed by atoms with Gasteiger partial charge >= 0.3 is 30.1 Å². The quantitative estimate of drug-likeness (QED) is 0.0211. The molecule has 20 N–H and O–H groups in total. The first-order valence-electron chi connectivity index (χ1n) is 18.6. The first kappa shape index (κ1) is 57.4. The molecular formula is C33H50F3N13O16. The highest BCUT2D eigenvalue weighted by Crippen LogP contribution is 2.13. The van der Waals surface area contributed by atoms with Crippen LogP contribution in [-0.4, -0.2) is 169 Å². The standard InChI is InChI=1S/C31H49N13O14.C2HF3O2/c32-15(3-5-21(33)46)25(52)43-18(8-14-10-36-13-39-14)29(56)41-16(2-1-7-37-31(34)35)27(54)42-17(4-6-23(48)49)28(55)44-19(9-24(50)51)26(53)38-11-22(47)40-20(12-45)30(57)58;3-2(4,5)1(6)7/h10,13,15-20,45H,1-9,11-12,32H2,(H2,33,46)(H,36,39)(H,38,53)(H,40,47)(H,41,56)(H,42,54)(H,43,52)(H,44,55)(H,48,49)(H,50,51)(H,57,58)(H4,34,35,37);(H,6,7)/t15-,16-,17-,18-,19-,20-;/m0./s1. The van der Waals surface area contributed by atoms with Crippen LogP contribution in [0.25, 0.3) is 0 Å². The van der Waals surface area contributed by atoms with Crippen LogP contribution in [0.5, 0.6) is 0 Å². The van der Waals surface area contributed by atoms with Crippen LogP contribution in [0.1, 0.15) is 50.6 Å². The molecule has 1 aromatic heterocycles. The van der Waals surface area contributed by atoms with Gasteiger partial charge in [0.1, 0.15) is 30.2 Å². The normalized spacial score (nSPS) is 13.5. The Morgan fingerprint density at radius 2 is 1.25 bits per heavy atom. The zero-order valence-electron chi connectivity index (χ0n) is 34.0. The number of nitrogens with one attached hydrogen (secondary N) is 7. The highest BCUT2D eigenvalue weighted by Gasteiger charge is 2.38. The maximum Gasteiger partial charge on any atom is 0.490 e. The number of amides is 7. The van der Waals surface area contributed by atoms with Crippen molar-refractivity contribution in [1.82, 2.24) is 41.9 Å². The molecule has 1 aromatic rings. The molecule has 0 fully saturated rings. The Kier molecular flexibility index (Phi) is 25.5. The fourth-order valence-corrected chi connectivity index (χ4v) is 4.76. The molecule has 29 nitrogen and oxygen atoms in total. The van der Waals surface area contributed by atoms with Crippen LogP contribution in [-0.2, 0) is 59.2 Å². The molecule has 0 aliphatic rings. The number of primary amides is 1. The Labute approximate surface area is 364 Å². The average Bonchev–Trinajstić information content (AvgIpc) is 3.72. The minimum Gasteiger partial charge on any atom is -0.481 e. The van der Waals surface area contributed by atoms with Crippen molar-refractivity contribution in [2.75, 3.05) is 19.7 Å². The SMILES string of the molecule is NC(=O)CC[C@H](N)C(=O)N[C@@H](Cc1cnc[nH]1)C(=O)N[C@@H](CCCN=C(N)N)C(=O)N[C@@H](CCC(=O)O)C(=O)N[C@@H](CC(=O)O)C(=O)NCC(=O)N[C@@H](CO)C(=O)O.O=C(O)C(F)(F)F. The molecule has 0 saturated heterocycles. The third-order valence-corrected chi connectivity index (χ3v) is 8.00. The number of aromatic amines is 1. The second-order valence-electron chi connectivity index (χ2n) is 13.3. The molecule has 0 unspecified atom stereocenters. The van der Waals surface area contributed by atoms with Crippen molar-refractivity contribution in [3.8, 4) is 0 Å². The largest absolute Gasteiger partial charge is 0.490 e. The lowest BCUT2D eigenvalue weighted by Gasteiger charge is -2.26. The number of carboxylic acids is 4. The van der Waals surface area contributed by atoms with Gasteiger partial charge in [-0.15, -0.1) is 0 Å². The van der Waals surface area contributed by atoms with Crippen LogP contribution < -0.4 is 54.8 Å². The molecule has 32 heteroatoms. The number of aliphatic imine (C=N–C) groups is 1. The molecule has 364 valence electrons. The van der Waals surface area contributed by atoms with E-state index in [2.05, 4.69) is 36.2 Å². The number of carboxylic acid groups (broad SMARTS) is 4. The molecule has 1 heterocycles. The Morgan fingerprint density at radius 1 is 0.708 bits per heavy atom. The van der Waals surface area contributed by atoms with Crippen LogP contribution >= 0.6 is 0 Å².